The first kappa shape index (κ1) is 26.7. The number of hydrogen-bond donors (Lipinski definition) is 4. The molecule has 1 saturated carbocycles. The van der Waals surface area contributed by atoms with Crippen LogP contribution in [0.4, 0.5) is 8.78 Å². The summed E-state index contributed by atoms with van der Waals surface area (Å²) in [5.74, 6) is -4.98. The summed E-state index contributed by atoms with van der Waals surface area (Å²) in [5.41, 5.74) is 13.6. The average Bonchev–Trinajstić information content (AvgIpc) is 3.59. The highest BCUT2D eigenvalue weighted by molar-refractivity contribution is 6.10. The van der Waals surface area contributed by atoms with Crippen LogP contribution >= 0.6 is 0 Å². The lowest BCUT2D eigenvalue weighted by Gasteiger charge is -2.21. The highest BCUT2D eigenvalue weighted by atomic mass is 19.3. The zero-order valence-corrected chi connectivity index (χ0v) is 21.0. The number of nitrogens with zero attached hydrogens (tertiary/aromatic N) is 3. The van der Waals surface area contributed by atoms with Gasteiger partial charge in [0.25, 0.3) is 5.91 Å². The normalized spacial score (nSPS) is 15.9. The smallest absolute Gasteiger partial charge is 0.321 e. The van der Waals surface area contributed by atoms with E-state index in [0.29, 0.717) is 23.9 Å². The maximum atomic E-state index is 13.7. The van der Waals surface area contributed by atoms with E-state index in [9.17, 15) is 18.4 Å². The summed E-state index contributed by atoms with van der Waals surface area (Å²) in [7, 11) is 0. The van der Waals surface area contributed by atoms with Crippen LogP contribution in [0.25, 0.3) is 16.5 Å². The second-order valence-electron chi connectivity index (χ2n) is 9.32. The number of aliphatic imine (C=N–C) groups is 1. The number of rotatable bonds is 11. The van der Waals surface area contributed by atoms with E-state index in [1.807, 2.05) is 18.2 Å². The molecule has 0 bridgehead atoms. The van der Waals surface area contributed by atoms with Crippen LogP contribution in [0.1, 0.15) is 43.9 Å². The van der Waals surface area contributed by atoms with Gasteiger partial charge in [-0.1, -0.05) is 0 Å². The molecule has 4 rings (SSSR count). The molecule has 6 N–H and O–H groups in total. The van der Waals surface area contributed by atoms with E-state index in [0.717, 1.165) is 29.3 Å². The number of nitrogens with two attached hydrogens (primary N) is 2. The summed E-state index contributed by atoms with van der Waals surface area (Å²) < 4.78 is 34.9. The molecule has 10 nitrogen and oxygen atoms in total. The van der Waals surface area contributed by atoms with Crippen molar-refractivity contribution in [3.05, 3.63) is 60.1 Å². The lowest BCUT2D eigenvalue weighted by Crippen LogP contribution is -2.55. The van der Waals surface area contributed by atoms with Crippen molar-refractivity contribution in [3.8, 4) is 5.88 Å². The maximum Gasteiger partial charge on any atom is 0.321 e. The van der Waals surface area contributed by atoms with Gasteiger partial charge in [-0.15, -0.1) is 4.68 Å². The third kappa shape index (κ3) is 6.31. The van der Waals surface area contributed by atoms with E-state index >= 15 is 0 Å². The molecule has 2 heterocycles. The summed E-state index contributed by atoms with van der Waals surface area (Å²) in [5, 5.41) is 6.40. The zero-order chi connectivity index (χ0) is 27.4. The molecule has 2 atom stereocenters. The number of nitrogens with one attached hydrogen (secondary N) is 2. The van der Waals surface area contributed by atoms with E-state index in [1.165, 1.54) is 12.4 Å². The van der Waals surface area contributed by atoms with Crippen LogP contribution in [0, 0.1) is 0 Å². The summed E-state index contributed by atoms with van der Waals surface area (Å²) in [6, 6.07) is 7.71. The number of carbonyl (C=O) groups is 2. The Morgan fingerprint density at radius 1 is 1.34 bits per heavy atom. The number of alkyl halides is 2. The van der Waals surface area contributed by atoms with Crippen molar-refractivity contribution < 1.29 is 27.8 Å². The molecule has 1 aromatic carbocycles. The van der Waals surface area contributed by atoms with Crippen molar-refractivity contribution in [2.45, 2.75) is 50.8 Å². The molecular weight excluding hydrogens is 496 g/mol. The molecule has 1 aliphatic carbocycles. The van der Waals surface area contributed by atoms with Crippen LogP contribution in [0.15, 0.2) is 53.9 Å². The number of hydrogen-bond acceptors (Lipinski definition) is 6. The number of aromatic amines is 1. The number of halogens is 2. The summed E-state index contributed by atoms with van der Waals surface area (Å²) in [4.78, 5) is 31.5. The Hall–Kier alpha value is -4.35. The van der Waals surface area contributed by atoms with Gasteiger partial charge in [0, 0.05) is 48.8 Å². The van der Waals surface area contributed by atoms with Crippen molar-refractivity contribution in [2.75, 3.05) is 6.54 Å². The molecule has 0 aliphatic heterocycles. The number of H-pyrrole nitrogens is 1. The number of pyridine rings is 1. The van der Waals surface area contributed by atoms with Gasteiger partial charge in [0.1, 0.15) is 12.6 Å². The maximum absolute atomic E-state index is 13.7. The third-order valence-corrected chi connectivity index (χ3v) is 6.06. The summed E-state index contributed by atoms with van der Waals surface area (Å²) >= 11 is 0. The molecule has 0 spiro atoms. The molecule has 2 aromatic heterocycles. The Morgan fingerprint density at radius 3 is 2.71 bits per heavy atom. The highest BCUT2D eigenvalue weighted by Crippen LogP contribution is 2.27. The predicted octanol–water partition coefficient (Wildman–Crippen LogP) is 2.00. The molecule has 0 saturated heterocycles. The van der Waals surface area contributed by atoms with Gasteiger partial charge < -0.3 is 21.5 Å². The predicted molar refractivity (Wildman–Crippen MR) is 137 cm³/mol. The van der Waals surface area contributed by atoms with Crippen LogP contribution < -0.4 is 26.2 Å². The Morgan fingerprint density at radius 2 is 2.11 bits per heavy atom. The van der Waals surface area contributed by atoms with Gasteiger partial charge in [0.15, 0.2) is 0 Å². The van der Waals surface area contributed by atoms with Crippen molar-refractivity contribution in [3.63, 3.8) is 0 Å². The molecule has 2 amide bonds. The topological polar surface area (TPSA) is 152 Å². The van der Waals surface area contributed by atoms with Crippen LogP contribution in [0.2, 0.25) is 0 Å². The molecule has 3 aromatic rings. The Balaban J connectivity index is 1.69. The lowest BCUT2D eigenvalue weighted by molar-refractivity contribution is -0.744. The van der Waals surface area contributed by atoms with Gasteiger partial charge in [-0.3, -0.25) is 14.6 Å². The minimum atomic E-state index is -3.53. The molecule has 0 radical (unpaired) electrons. The van der Waals surface area contributed by atoms with Gasteiger partial charge in [-0.2, -0.15) is 13.9 Å². The Labute approximate surface area is 217 Å². The van der Waals surface area contributed by atoms with E-state index in [4.69, 9.17) is 16.2 Å². The second kappa shape index (κ2) is 11.0. The first-order chi connectivity index (χ1) is 18.1. The van der Waals surface area contributed by atoms with Crippen LogP contribution in [-0.4, -0.2) is 52.7 Å². The molecule has 1 aliphatic rings. The average molecular weight is 527 g/mol. The first-order valence-corrected chi connectivity index (χ1v) is 12.1. The molecule has 38 heavy (non-hydrogen) atoms. The molecule has 12 heteroatoms. The fourth-order valence-electron chi connectivity index (χ4n) is 4.02. The number of allylic oxidation sites excluding steroid dienone is 1. The third-order valence-electron chi connectivity index (χ3n) is 6.06. The van der Waals surface area contributed by atoms with E-state index in [-0.39, 0.29) is 12.6 Å². The number of primary amides is 1. The lowest BCUT2D eigenvalue weighted by atomic mass is 10.0. The largest absolute Gasteiger partial charge is 0.474 e. The van der Waals surface area contributed by atoms with Crippen LogP contribution in [-0.2, 0) is 9.59 Å². The summed E-state index contributed by atoms with van der Waals surface area (Å²) in [6.07, 6.45) is 8.37. The van der Waals surface area contributed by atoms with Crippen molar-refractivity contribution in [2.24, 2.45) is 16.5 Å². The number of benzene rings is 1. The van der Waals surface area contributed by atoms with Gasteiger partial charge in [0.2, 0.25) is 23.3 Å². The van der Waals surface area contributed by atoms with Gasteiger partial charge in [-0.25, -0.2) is 4.98 Å². The van der Waals surface area contributed by atoms with Gasteiger partial charge in [0.05, 0.1) is 17.6 Å². The minimum Gasteiger partial charge on any atom is -0.474 e. The summed E-state index contributed by atoms with van der Waals surface area (Å²) in [6.45, 7) is 2.05. The van der Waals surface area contributed by atoms with E-state index < -0.39 is 29.8 Å². The number of ether oxygens (including phenoxy) is 1. The first-order valence-electron chi connectivity index (χ1n) is 12.1. The molecule has 1 fully saturated rings. The minimum absolute atomic E-state index is 0.162. The number of aromatic nitrogens is 3. The van der Waals surface area contributed by atoms with Crippen LogP contribution in [0.3, 0.4) is 0 Å². The fourth-order valence-corrected chi connectivity index (χ4v) is 4.02. The van der Waals surface area contributed by atoms with E-state index in [1.54, 1.807) is 36.1 Å². The fraction of sp³-hybridized carbons (Fsp3) is 0.346. The van der Waals surface area contributed by atoms with Crippen molar-refractivity contribution >= 4 is 34.5 Å². The monoisotopic (exact) mass is 526 g/mol. The van der Waals surface area contributed by atoms with E-state index in [2.05, 4.69) is 20.4 Å². The SMILES string of the molecule is C[C@H](NC(=O)C(C)(F)F)[C@@H](c1ccc(OC2CC2)nc1)[n+]1[nH]cc2cc(/C(C=NCC(N)=O)=C/N)ccc21. The van der Waals surface area contributed by atoms with Gasteiger partial charge in [-0.05, 0) is 43.5 Å². The number of amides is 2. The Bertz CT molecular complexity index is 1380. The molecule has 0 unspecified atom stereocenters. The van der Waals surface area contributed by atoms with Crippen molar-refractivity contribution in [1.29, 1.82) is 0 Å². The standard InChI is InChI=1S/C26H29F2N7O3/c1-15(34-25(37)26(2,27)28)24(17-4-8-23(32-12-17)38-20-5-6-20)35-21-7-3-16(9-18(21)13-33-35)19(10-29)11-31-14-22(30)36/h3-4,7-13,15,20,24H,5-6,14H2,1-2H3,(H5,29,30,31,34,36,37)/p+1/t15-,24-/m0/s1. The van der Waals surface area contributed by atoms with Crippen molar-refractivity contribution in [1.82, 2.24) is 15.4 Å². The van der Waals surface area contributed by atoms with Crippen LogP contribution in [0.5, 0.6) is 5.88 Å². The number of fused-ring (bicyclic) bond motifs is 1. The van der Waals surface area contributed by atoms with Gasteiger partial charge >= 0.3 is 5.92 Å². The highest BCUT2D eigenvalue weighted by Gasteiger charge is 2.39. The zero-order valence-electron chi connectivity index (χ0n) is 21.0. The second-order valence-corrected chi connectivity index (χ2v) is 9.32. The molecule has 200 valence electrons. The number of carbonyl (C=O) groups excluding carboxylic acids is 2. The Kier molecular flexibility index (Phi) is 7.70. The quantitative estimate of drug-likeness (QED) is 0.222. The molecular formula is C26H30F2N7O3+.